The standard InChI is InChI=1S/C17H21N3O2S/c1-19-7-3-13(4-8-19)16(14-5-10-23-12-14)17-18-6-9-20(17)11-15(21)22-2/h5-6,9-10,12H,3-4,7-8,11H2,1-2H3. The molecular formula is C17H21N3O2S. The van der Waals surface area contributed by atoms with Gasteiger partial charge in [0.25, 0.3) is 0 Å². The number of imidazole rings is 1. The van der Waals surface area contributed by atoms with E-state index in [2.05, 4.69) is 33.8 Å². The third kappa shape index (κ3) is 3.54. The van der Waals surface area contributed by atoms with Crippen molar-refractivity contribution in [2.75, 3.05) is 27.2 Å². The Bertz CT molecular complexity index is 693. The number of nitrogens with zero attached hydrogens (tertiary/aromatic N) is 3. The van der Waals surface area contributed by atoms with Crippen molar-refractivity contribution in [1.29, 1.82) is 0 Å². The minimum atomic E-state index is -0.262. The number of likely N-dealkylation sites (tertiary alicyclic amines) is 1. The van der Waals surface area contributed by atoms with E-state index in [1.54, 1.807) is 17.5 Å². The largest absolute Gasteiger partial charge is 0.468 e. The van der Waals surface area contributed by atoms with Gasteiger partial charge < -0.3 is 14.2 Å². The lowest BCUT2D eigenvalue weighted by Crippen LogP contribution is -2.27. The van der Waals surface area contributed by atoms with Crippen LogP contribution in [0.4, 0.5) is 0 Å². The van der Waals surface area contributed by atoms with Crippen molar-refractivity contribution >= 4 is 22.9 Å². The number of carbonyl (C=O) groups excluding carboxylic acids is 1. The second kappa shape index (κ2) is 7.10. The van der Waals surface area contributed by atoms with Crippen LogP contribution in [0.3, 0.4) is 0 Å². The van der Waals surface area contributed by atoms with Crippen LogP contribution in [0.2, 0.25) is 0 Å². The minimum Gasteiger partial charge on any atom is -0.468 e. The van der Waals surface area contributed by atoms with Crippen LogP contribution >= 0.6 is 11.3 Å². The summed E-state index contributed by atoms with van der Waals surface area (Å²) in [6.07, 6.45) is 5.66. The van der Waals surface area contributed by atoms with Gasteiger partial charge in [0.15, 0.2) is 0 Å². The Morgan fingerprint density at radius 1 is 1.39 bits per heavy atom. The lowest BCUT2D eigenvalue weighted by Gasteiger charge is -2.26. The average Bonchev–Trinajstić information content (AvgIpc) is 3.22. The third-order valence-electron chi connectivity index (χ3n) is 4.22. The quantitative estimate of drug-likeness (QED) is 0.808. The molecule has 1 aliphatic rings. The predicted octanol–water partition coefficient (Wildman–Crippen LogP) is 2.65. The summed E-state index contributed by atoms with van der Waals surface area (Å²) in [5, 5.41) is 4.23. The molecule has 0 aromatic carbocycles. The molecule has 6 heteroatoms. The molecule has 1 aliphatic heterocycles. The molecule has 0 amide bonds. The van der Waals surface area contributed by atoms with Crippen molar-refractivity contribution in [3.8, 4) is 0 Å². The molecule has 3 rings (SSSR count). The van der Waals surface area contributed by atoms with Crippen molar-refractivity contribution in [1.82, 2.24) is 14.5 Å². The molecule has 3 heterocycles. The van der Waals surface area contributed by atoms with E-state index < -0.39 is 0 Å². The molecule has 1 saturated heterocycles. The Labute approximate surface area is 140 Å². The first kappa shape index (κ1) is 16.0. The van der Waals surface area contributed by atoms with Gasteiger partial charge in [-0.25, -0.2) is 4.98 Å². The van der Waals surface area contributed by atoms with Crippen LogP contribution in [-0.4, -0.2) is 47.7 Å². The molecule has 0 atom stereocenters. The first-order valence-corrected chi connectivity index (χ1v) is 8.64. The molecule has 0 aliphatic carbocycles. The normalized spacial score (nSPS) is 15.7. The van der Waals surface area contributed by atoms with Crippen LogP contribution < -0.4 is 0 Å². The summed E-state index contributed by atoms with van der Waals surface area (Å²) in [6, 6.07) is 2.13. The summed E-state index contributed by atoms with van der Waals surface area (Å²) < 4.78 is 6.68. The zero-order chi connectivity index (χ0) is 16.2. The second-order valence-corrected chi connectivity index (χ2v) is 6.53. The van der Waals surface area contributed by atoms with Crippen LogP contribution in [0.15, 0.2) is 34.8 Å². The van der Waals surface area contributed by atoms with Crippen LogP contribution in [0.5, 0.6) is 0 Å². The molecule has 2 aromatic rings. The summed E-state index contributed by atoms with van der Waals surface area (Å²) >= 11 is 1.68. The Hall–Kier alpha value is -1.92. The number of methoxy groups -OCH3 is 1. The number of aromatic nitrogens is 2. The highest BCUT2D eigenvalue weighted by molar-refractivity contribution is 7.08. The van der Waals surface area contributed by atoms with Crippen LogP contribution in [-0.2, 0) is 16.1 Å². The van der Waals surface area contributed by atoms with E-state index in [1.807, 2.05) is 10.8 Å². The fourth-order valence-corrected chi connectivity index (χ4v) is 3.55. The number of hydrogen-bond acceptors (Lipinski definition) is 5. The highest BCUT2D eigenvalue weighted by Gasteiger charge is 2.21. The van der Waals surface area contributed by atoms with E-state index in [9.17, 15) is 4.79 Å². The Morgan fingerprint density at radius 2 is 2.17 bits per heavy atom. The molecule has 0 unspecified atom stereocenters. The predicted molar refractivity (Wildman–Crippen MR) is 91.3 cm³/mol. The number of hydrogen-bond donors (Lipinski definition) is 0. The fourth-order valence-electron chi connectivity index (χ4n) is 2.91. The second-order valence-electron chi connectivity index (χ2n) is 5.75. The molecule has 0 spiro atoms. The van der Waals surface area contributed by atoms with Gasteiger partial charge in [-0.3, -0.25) is 4.79 Å². The zero-order valence-corrected chi connectivity index (χ0v) is 14.3. The molecular weight excluding hydrogens is 310 g/mol. The number of thiophene rings is 1. The van der Waals surface area contributed by atoms with Gasteiger partial charge in [-0.2, -0.15) is 11.3 Å². The third-order valence-corrected chi connectivity index (χ3v) is 4.90. The molecule has 5 nitrogen and oxygen atoms in total. The minimum absolute atomic E-state index is 0.187. The maximum atomic E-state index is 11.7. The van der Waals surface area contributed by atoms with Crippen LogP contribution in [0, 0.1) is 0 Å². The zero-order valence-electron chi connectivity index (χ0n) is 13.5. The maximum Gasteiger partial charge on any atom is 0.325 e. The van der Waals surface area contributed by atoms with Gasteiger partial charge in [0.05, 0.1) is 7.11 Å². The molecule has 0 saturated carbocycles. The van der Waals surface area contributed by atoms with Crippen molar-refractivity contribution in [2.45, 2.75) is 19.4 Å². The Morgan fingerprint density at radius 3 is 2.83 bits per heavy atom. The fraction of sp³-hybridized carbons (Fsp3) is 0.412. The van der Waals surface area contributed by atoms with E-state index in [-0.39, 0.29) is 12.5 Å². The molecule has 122 valence electrons. The molecule has 2 aromatic heterocycles. The van der Waals surface area contributed by atoms with Crippen LogP contribution in [0.25, 0.3) is 5.57 Å². The molecule has 0 bridgehead atoms. The smallest absolute Gasteiger partial charge is 0.325 e. The number of carbonyl (C=O) groups is 1. The molecule has 0 N–H and O–H groups in total. The van der Waals surface area contributed by atoms with E-state index in [0.29, 0.717) is 0 Å². The van der Waals surface area contributed by atoms with Crippen molar-refractivity contribution in [3.05, 3.63) is 46.2 Å². The highest BCUT2D eigenvalue weighted by Crippen LogP contribution is 2.32. The summed E-state index contributed by atoms with van der Waals surface area (Å²) in [5.41, 5.74) is 3.78. The lowest BCUT2D eigenvalue weighted by atomic mass is 9.94. The average molecular weight is 331 g/mol. The SMILES string of the molecule is COC(=O)Cn1ccnc1C(=C1CCN(C)CC1)c1ccsc1. The molecule has 1 fully saturated rings. The van der Waals surface area contributed by atoms with Gasteiger partial charge in [-0.05, 0) is 42.3 Å². The number of esters is 1. The van der Waals surface area contributed by atoms with E-state index in [1.165, 1.54) is 23.8 Å². The van der Waals surface area contributed by atoms with Gasteiger partial charge >= 0.3 is 5.97 Å². The Kier molecular flexibility index (Phi) is 4.93. The van der Waals surface area contributed by atoms with E-state index >= 15 is 0 Å². The summed E-state index contributed by atoms with van der Waals surface area (Å²) in [4.78, 5) is 18.6. The topological polar surface area (TPSA) is 47.4 Å². The number of rotatable bonds is 4. The molecule has 0 radical (unpaired) electrons. The van der Waals surface area contributed by atoms with Gasteiger partial charge in [0, 0.05) is 31.1 Å². The van der Waals surface area contributed by atoms with E-state index in [4.69, 9.17) is 4.74 Å². The maximum absolute atomic E-state index is 11.7. The Balaban J connectivity index is 2.02. The van der Waals surface area contributed by atoms with E-state index in [0.717, 1.165) is 31.8 Å². The summed E-state index contributed by atoms with van der Waals surface area (Å²) in [7, 11) is 3.56. The van der Waals surface area contributed by atoms with Crippen molar-refractivity contribution in [3.63, 3.8) is 0 Å². The number of ether oxygens (including phenoxy) is 1. The monoisotopic (exact) mass is 331 g/mol. The summed E-state index contributed by atoms with van der Waals surface area (Å²) in [5.74, 6) is 0.593. The van der Waals surface area contributed by atoms with Crippen molar-refractivity contribution in [2.24, 2.45) is 0 Å². The lowest BCUT2D eigenvalue weighted by molar-refractivity contribution is -0.141. The van der Waals surface area contributed by atoms with Crippen LogP contribution in [0.1, 0.15) is 24.2 Å². The van der Waals surface area contributed by atoms with Gasteiger partial charge in [0.2, 0.25) is 0 Å². The highest BCUT2D eigenvalue weighted by atomic mass is 32.1. The van der Waals surface area contributed by atoms with Crippen molar-refractivity contribution < 1.29 is 9.53 Å². The first-order chi connectivity index (χ1) is 11.2. The number of piperidine rings is 1. The summed E-state index contributed by atoms with van der Waals surface area (Å²) in [6.45, 7) is 2.30. The van der Waals surface area contributed by atoms with Gasteiger partial charge in [-0.1, -0.05) is 5.57 Å². The first-order valence-electron chi connectivity index (χ1n) is 7.70. The van der Waals surface area contributed by atoms with Gasteiger partial charge in [-0.15, -0.1) is 0 Å². The van der Waals surface area contributed by atoms with Gasteiger partial charge in [0.1, 0.15) is 12.4 Å². The molecule has 23 heavy (non-hydrogen) atoms.